The van der Waals surface area contributed by atoms with Crippen LogP contribution in [-0.4, -0.2) is 36.0 Å². The lowest BCUT2D eigenvalue weighted by Crippen LogP contribution is -2.37. The molecule has 5 heteroatoms. The lowest BCUT2D eigenvalue weighted by molar-refractivity contribution is -0.143. The zero-order valence-electron chi connectivity index (χ0n) is 11.8. The van der Waals surface area contributed by atoms with Gasteiger partial charge in [0, 0.05) is 6.54 Å². The quantitative estimate of drug-likeness (QED) is 0.656. The molecular formula is C13H25NO3S. The molecule has 0 aromatic carbocycles. The zero-order chi connectivity index (χ0) is 14.0. The Bertz CT molecular complexity index is 257. The Morgan fingerprint density at radius 1 is 1.28 bits per heavy atom. The van der Waals surface area contributed by atoms with E-state index in [1.54, 1.807) is 11.8 Å². The van der Waals surface area contributed by atoms with Gasteiger partial charge < -0.3 is 10.1 Å². The van der Waals surface area contributed by atoms with Crippen LogP contribution in [0.2, 0.25) is 0 Å². The van der Waals surface area contributed by atoms with E-state index in [9.17, 15) is 9.59 Å². The van der Waals surface area contributed by atoms with Gasteiger partial charge in [0.2, 0.25) is 5.91 Å². The average Bonchev–Trinajstić information content (AvgIpc) is 2.32. The van der Waals surface area contributed by atoms with Crippen molar-refractivity contribution in [1.82, 2.24) is 5.32 Å². The van der Waals surface area contributed by atoms with Crippen molar-refractivity contribution in [3.8, 4) is 0 Å². The highest BCUT2D eigenvalue weighted by atomic mass is 32.2. The van der Waals surface area contributed by atoms with Gasteiger partial charge in [-0.3, -0.25) is 9.59 Å². The number of nitrogens with one attached hydrogen (secondary N) is 1. The molecule has 0 radical (unpaired) electrons. The monoisotopic (exact) mass is 275 g/mol. The fourth-order valence-electron chi connectivity index (χ4n) is 1.43. The predicted molar refractivity (Wildman–Crippen MR) is 75.6 cm³/mol. The molecule has 0 aromatic heterocycles. The standard InChI is InChI=1S/C13H25NO3S/c1-5-9-17-11(15)7-8-14-13(16)12(10(3)4)18-6-2/h10,12H,5-9H2,1-4H3,(H,14,16). The van der Waals surface area contributed by atoms with Crippen LogP contribution in [0.15, 0.2) is 0 Å². The van der Waals surface area contributed by atoms with E-state index in [0.717, 1.165) is 12.2 Å². The van der Waals surface area contributed by atoms with E-state index < -0.39 is 0 Å². The summed E-state index contributed by atoms with van der Waals surface area (Å²) >= 11 is 1.64. The van der Waals surface area contributed by atoms with Crippen LogP contribution in [0.5, 0.6) is 0 Å². The van der Waals surface area contributed by atoms with Crippen LogP contribution in [0.3, 0.4) is 0 Å². The molecule has 1 unspecified atom stereocenters. The number of thioether (sulfide) groups is 1. The second-order valence-corrected chi connectivity index (χ2v) is 5.80. The largest absolute Gasteiger partial charge is 0.466 e. The lowest BCUT2D eigenvalue weighted by Gasteiger charge is -2.18. The number of hydrogen-bond donors (Lipinski definition) is 1. The fraction of sp³-hybridized carbons (Fsp3) is 0.846. The summed E-state index contributed by atoms with van der Waals surface area (Å²) in [5.74, 6) is 0.970. The van der Waals surface area contributed by atoms with Gasteiger partial charge in [-0.05, 0) is 18.1 Å². The van der Waals surface area contributed by atoms with Crippen LogP contribution in [0.4, 0.5) is 0 Å². The average molecular weight is 275 g/mol. The number of esters is 1. The van der Waals surface area contributed by atoms with Crippen molar-refractivity contribution in [3.05, 3.63) is 0 Å². The number of ether oxygens (including phenoxy) is 1. The number of carbonyl (C=O) groups excluding carboxylic acids is 2. The van der Waals surface area contributed by atoms with Crippen LogP contribution in [0.25, 0.3) is 0 Å². The SMILES string of the molecule is CCCOC(=O)CCNC(=O)C(SCC)C(C)C. The Kier molecular flexibility index (Phi) is 9.83. The van der Waals surface area contributed by atoms with E-state index in [1.165, 1.54) is 0 Å². The summed E-state index contributed by atoms with van der Waals surface area (Å²) in [4.78, 5) is 23.1. The second kappa shape index (κ2) is 10.2. The molecule has 0 spiro atoms. The molecule has 1 amide bonds. The summed E-state index contributed by atoms with van der Waals surface area (Å²) in [6, 6.07) is 0. The van der Waals surface area contributed by atoms with E-state index in [2.05, 4.69) is 5.32 Å². The first-order valence-electron chi connectivity index (χ1n) is 6.57. The number of hydrogen-bond acceptors (Lipinski definition) is 4. The van der Waals surface area contributed by atoms with Crippen LogP contribution in [0, 0.1) is 5.92 Å². The summed E-state index contributed by atoms with van der Waals surface area (Å²) in [5, 5.41) is 2.76. The summed E-state index contributed by atoms with van der Waals surface area (Å²) < 4.78 is 4.93. The maximum absolute atomic E-state index is 11.9. The van der Waals surface area contributed by atoms with Crippen molar-refractivity contribution >= 4 is 23.6 Å². The van der Waals surface area contributed by atoms with Gasteiger partial charge in [0.05, 0.1) is 18.3 Å². The fourth-order valence-corrected chi connectivity index (χ4v) is 2.41. The Balaban J connectivity index is 3.90. The number of rotatable bonds is 9. The van der Waals surface area contributed by atoms with Gasteiger partial charge in [0.25, 0.3) is 0 Å². The van der Waals surface area contributed by atoms with Crippen LogP contribution in [-0.2, 0) is 14.3 Å². The zero-order valence-corrected chi connectivity index (χ0v) is 12.6. The number of carbonyl (C=O) groups is 2. The molecule has 0 aliphatic rings. The maximum atomic E-state index is 11.9. The molecule has 0 fully saturated rings. The Hall–Kier alpha value is -0.710. The molecule has 18 heavy (non-hydrogen) atoms. The van der Waals surface area contributed by atoms with Gasteiger partial charge in [-0.25, -0.2) is 0 Å². The van der Waals surface area contributed by atoms with Gasteiger partial charge in [-0.15, -0.1) is 11.8 Å². The highest BCUT2D eigenvalue weighted by Crippen LogP contribution is 2.19. The molecule has 0 aliphatic heterocycles. The topological polar surface area (TPSA) is 55.4 Å². The molecule has 0 bridgehead atoms. The predicted octanol–water partition coefficient (Wildman–Crippen LogP) is 2.22. The van der Waals surface area contributed by atoms with Crippen LogP contribution < -0.4 is 5.32 Å². The van der Waals surface area contributed by atoms with Crippen LogP contribution in [0.1, 0.15) is 40.5 Å². The van der Waals surface area contributed by atoms with Gasteiger partial charge in [0.1, 0.15) is 0 Å². The first-order valence-corrected chi connectivity index (χ1v) is 7.62. The molecule has 0 rings (SSSR count). The maximum Gasteiger partial charge on any atom is 0.307 e. The first-order chi connectivity index (χ1) is 8.52. The van der Waals surface area contributed by atoms with Crippen molar-refractivity contribution in [2.24, 2.45) is 5.92 Å². The van der Waals surface area contributed by atoms with Crippen molar-refractivity contribution in [3.63, 3.8) is 0 Å². The molecule has 0 aromatic rings. The van der Waals surface area contributed by atoms with Gasteiger partial charge in [0.15, 0.2) is 0 Å². The highest BCUT2D eigenvalue weighted by Gasteiger charge is 2.21. The van der Waals surface area contributed by atoms with Gasteiger partial charge >= 0.3 is 5.97 Å². The summed E-state index contributed by atoms with van der Waals surface area (Å²) in [6.07, 6.45) is 1.06. The van der Waals surface area contributed by atoms with Crippen molar-refractivity contribution in [2.45, 2.75) is 45.8 Å². The van der Waals surface area contributed by atoms with E-state index in [0.29, 0.717) is 19.1 Å². The Labute approximate surface area is 114 Å². The minimum atomic E-state index is -0.249. The minimum Gasteiger partial charge on any atom is -0.466 e. The highest BCUT2D eigenvalue weighted by molar-refractivity contribution is 8.00. The normalized spacial score (nSPS) is 12.3. The second-order valence-electron chi connectivity index (χ2n) is 4.38. The van der Waals surface area contributed by atoms with E-state index in [-0.39, 0.29) is 23.5 Å². The van der Waals surface area contributed by atoms with Crippen molar-refractivity contribution in [2.75, 3.05) is 18.9 Å². The lowest BCUT2D eigenvalue weighted by atomic mass is 10.1. The van der Waals surface area contributed by atoms with E-state index in [1.807, 2.05) is 27.7 Å². The molecule has 0 heterocycles. The molecule has 0 saturated heterocycles. The molecule has 4 nitrogen and oxygen atoms in total. The first kappa shape index (κ1) is 17.3. The van der Waals surface area contributed by atoms with Gasteiger partial charge in [-0.2, -0.15) is 0 Å². The Morgan fingerprint density at radius 3 is 2.44 bits per heavy atom. The summed E-state index contributed by atoms with van der Waals surface area (Å²) in [7, 11) is 0. The third kappa shape index (κ3) is 7.58. The minimum absolute atomic E-state index is 0.0140. The third-order valence-electron chi connectivity index (χ3n) is 2.31. The molecule has 1 N–H and O–H groups in total. The number of amides is 1. The molecular weight excluding hydrogens is 250 g/mol. The van der Waals surface area contributed by atoms with Crippen molar-refractivity contribution in [1.29, 1.82) is 0 Å². The molecule has 0 aliphatic carbocycles. The smallest absolute Gasteiger partial charge is 0.307 e. The molecule has 1 atom stereocenters. The third-order valence-corrected chi connectivity index (χ3v) is 3.76. The van der Waals surface area contributed by atoms with Crippen LogP contribution >= 0.6 is 11.8 Å². The summed E-state index contributed by atoms with van der Waals surface area (Å²) in [6.45, 7) is 8.85. The van der Waals surface area contributed by atoms with Gasteiger partial charge in [-0.1, -0.05) is 27.7 Å². The Morgan fingerprint density at radius 2 is 1.94 bits per heavy atom. The van der Waals surface area contributed by atoms with E-state index >= 15 is 0 Å². The van der Waals surface area contributed by atoms with E-state index in [4.69, 9.17) is 4.74 Å². The molecule has 0 saturated carbocycles. The molecule has 106 valence electrons. The van der Waals surface area contributed by atoms with Crippen molar-refractivity contribution < 1.29 is 14.3 Å². The summed E-state index contributed by atoms with van der Waals surface area (Å²) in [5.41, 5.74) is 0.